The third-order valence-electron chi connectivity index (χ3n) is 3.52. The summed E-state index contributed by atoms with van der Waals surface area (Å²) in [6.07, 6.45) is 0. The Kier molecular flexibility index (Phi) is 6.01. The molecule has 2 aromatic carbocycles. The lowest BCUT2D eigenvalue weighted by atomic mass is 10.2. The fraction of sp³-hybridized carbons (Fsp3) is 0.222. The minimum Gasteiger partial charge on any atom is -0.350 e. The van der Waals surface area contributed by atoms with Crippen molar-refractivity contribution in [3.05, 3.63) is 71.3 Å². The summed E-state index contributed by atoms with van der Waals surface area (Å²) in [4.78, 5) is 25.1. The van der Waals surface area contributed by atoms with Crippen molar-refractivity contribution in [2.24, 2.45) is 0 Å². The van der Waals surface area contributed by atoms with Crippen molar-refractivity contribution in [3.63, 3.8) is 0 Å². The molecule has 126 valence electrons. The molecular weight excluding hydrogens is 314 g/mol. The third kappa shape index (κ3) is 4.87. The van der Waals surface area contributed by atoms with E-state index in [0.717, 1.165) is 5.56 Å². The molecule has 0 fully saturated rings. The quantitative estimate of drug-likeness (QED) is 0.884. The molecule has 0 atom stereocenters. The van der Waals surface area contributed by atoms with Crippen LogP contribution < -0.4 is 5.32 Å². The van der Waals surface area contributed by atoms with Crippen molar-refractivity contribution in [3.8, 4) is 0 Å². The Bertz CT molecular complexity index is 717. The molecule has 2 rings (SSSR count). The van der Waals surface area contributed by atoms with Crippen molar-refractivity contribution in [1.82, 2.24) is 10.2 Å². The molecule has 0 aliphatic carbocycles. The van der Waals surface area contributed by atoms with Crippen molar-refractivity contribution < 1.29 is 18.4 Å². The van der Waals surface area contributed by atoms with E-state index < -0.39 is 11.7 Å². The zero-order valence-electron chi connectivity index (χ0n) is 13.3. The van der Waals surface area contributed by atoms with Crippen LogP contribution in [-0.2, 0) is 11.3 Å². The molecule has 24 heavy (non-hydrogen) atoms. The van der Waals surface area contributed by atoms with E-state index in [1.165, 1.54) is 42.2 Å². The highest BCUT2D eigenvalue weighted by Gasteiger charge is 2.13. The van der Waals surface area contributed by atoms with Crippen LogP contribution >= 0.6 is 0 Å². The van der Waals surface area contributed by atoms with E-state index in [1.54, 1.807) is 18.2 Å². The third-order valence-corrected chi connectivity index (χ3v) is 3.52. The summed E-state index contributed by atoms with van der Waals surface area (Å²) >= 11 is 0. The maximum absolute atomic E-state index is 13.5. The summed E-state index contributed by atoms with van der Waals surface area (Å²) in [5, 5.41) is 2.59. The van der Waals surface area contributed by atoms with Gasteiger partial charge in [-0.25, -0.2) is 8.78 Å². The molecule has 0 saturated heterocycles. The average molecular weight is 332 g/mol. The van der Waals surface area contributed by atoms with E-state index >= 15 is 0 Å². The van der Waals surface area contributed by atoms with Gasteiger partial charge in [0.2, 0.25) is 5.91 Å². The summed E-state index contributed by atoms with van der Waals surface area (Å²) < 4.78 is 26.4. The zero-order valence-corrected chi connectivity index (χ0v) is 13.3. The first-order chi connectivity index (χ1) is 11.5. The Morgan fingerprint density at radius 3 is 2.33 bits per heavy atom. The van der Waals surface area contributed by atoms with Gasteiger partial charge in [0.1, 0.15) is 11.6 Å². The van der Waals surface area contributed by atoms with E-state index in [2.05, 4.69) is 5.32 Å². The number of hydrogen-bond acceptors (Lipinski definition) is 2. The van der Waals surface area contributed by atoms with Crippen molar-refractivity contribution in [2.45, 2.75) is 13.5 Å². The molecule has 6 heteroatoms. The zero-order chi connectivity index (χ0) is 17.5. The van der Waals surface area contributed by atoms with Gasteiger partial charge >= 0.3 is 0 Å². The largest absolute Gasteiger partial charge is 0.350 e. The predicted molar refractivity (Wildman–Crippen MR) is 86.2 cm³/mol. The molecule has 2 aromatic rings. The Hall–Kier alpha value is -2.76. The molecule has 0 heterocycles. The number of nitrogens with zero attached hydrogens (tertiary/aromatic N) is 1. The van der Waals surface area contributed by atoms with Crippen LogP contribution in [-0.4, -0.2) is 29.8 Å². The number of rotatable bonds is 6. The van der Waals surface area contributed by atoms with Crippen LogP contribution in [0.25, 0.3) is 0 Å². The van der Waals surface area contributed by atoms with Gasteiger partial charge in [0, 0.05) is 26.6 Å². The molecule has 0 bridgehead atoms. The Morgan fingerprint density at radius 1 is 1.04 bits per heavy atom. The average Bonchev–Trinajstić information content (AvgIpc) is 2.56. The second-order valence-corrected chi connectivity index (χ2v) is 5.30. The molecule has 0 radical (unpaired) electrons. The molecule has 1 N–H and O–H groups in total. The van der Waals surface area contributed by atoms with E-state index in [9.17, 15) is 18.4 Å². The predicted octanol–water partition coefficient (Wildman–Crippen LogP) is 2.74. The van der Waals surface area contributed by atoms with Crippen LogP contribution in [0.4, 0.5) is 8.78 Å². The van der Waals surface area contributed by atoms with E-state index in [0.29, 0.717) is 6.54 Å². The fourth-order valence-electron chi connectivity index (χ4n) is 2.20. The van der Waals surface area contributed by atoms with Crippen molar-refractivity contribution in [2.75, 3.05) is 13.1 Å². The first-order valence-corrected chi connectivity index (χ1v) is 7.50. The molecule has 0 aliphatic heterocycles. The monoisotopic (exact) mass is 332 g/mol. The number of amides is 2. The minimum atomic E-state index is -0.593. The Morgan fingerprint density at radius 2 is 1.71 bits per heavy atom. The number of nitrogens with one attached hydrogen (secondary N) is 1. The molecule has 0 aliphatic rings. The van der Waals surface area contributed by atoms with E-state index in [1.807, 2.05) is 0 Å². The second kappa shape index (κ2) is 8.19. The highest BCUT2D eigenvalue weighted by molar-refractivity contribution is 5.94. The van der Waals surface area contributed by atoms with Gasteiger partial charge in [-0.2, -0.15) is 0 Å². The van der Waals surface area contributed by atoms with E-state index in [-0.39, 0.29) is 30.4 Å². The SMILES string of the molecule is CC(=O)N(CCNC(=O)c1ccccc1F)Cc1ccc(F)cc1. The maximum Gasteiger partial charge on any atom is 0.254 e. The summed E-state index contributed by atoms with van der Waals surface area (Å²) in [6.45, 7) is 2.19. The standard InChI is InChI=1S/C18H18F2N2O2/c1-13(23)22(12-14-6-8-15(19)9-7-14)11-10-21-18(24)16-4-2-3-5-17(16)20/h2-9H,10-12H2,1H3,(H,21,24). The van der Waals surface area contributed by atoms with Crippen molar-refractivity contribution in [1.29, 1.82) is 0 Å². The topological polar surface area (TPSA) is 49.4 Å². The number of hydrogen-bond donors (Lipinski definition) is 1. The number of benzene rings is 2. The Labute approximate surface area is 139 Å². The molecular formula is C18H18F2N2O2. The van der Waals surface area contributed by atoms with Crippen LogP contribution in [0.5, 0.6) is 0 Å². The van der Waals surface area contributed by atoms with Gasteiger partial charge in [-0.3, -0.25) is 9.59 Å². The minimum absolute atomic E-state index is 0.0367. The first-order valence-electron chi connectivity index (χ1n) is 7.50. The lowest BCUT2D eigenvalue weighted by molar-refractivity contribution is -0.129. The van der Waals surface area contributed by atoms with Crippen LogP contribution in [0, 0.1) is 11.6 Å². The van der Waals surface area contributed by atoms with Gasteiger partial charge in [0.25, 0.3) is 5.91 Å². The summed E-state index contributed by atoms with van der Waals surface area (Å²) in [7, 11) is 0. The normalized spacial score (nSPS) is 10.3. The van der Waals surface area contributed by atoms with Crippen LogP contribution in [0.15, 0.2) is 48.5 Å². The second-order valence-electron chi connectivity index (χ2n) is 5.30. The smallest absolute Gasteiger partial charge is 0.254 e. The molecule has 0 aromatic heterocycles. The number of halogens is 2. The van der Waals surface area contributed by atoms with Gasteiger partial charge in [-0.15, -0.1) is 0 Å². The van der Waals surface area contributed by atoms with Gasteiger partial charge < -0.3 is 10.2 Å². The molecule has 0 unspecified atom stereocenters. The lowest BCUT2D eigenvalue weighted by Gasteiger charge is -2.21. The van der Waals surface area contributed by atoms with Gasteiger partial charge in [-0.1, -0.05) is 24.3 Å². The highest BCUT2D eigenvalue weighted by Crippen LogP contribution is 2.08. The highest BCUT2D eigenvalue weighted by atomic mass is 19.1. The van der Waals surface area contributed by atoms with Crippen LogP contribution in [0.1, 0.15) is 22.8 Å². The fourth-order valence-corrected chi connectivity index (χ4v) is 2.20. The van der Waals surface area contributed by atoms with Crippen LogP contribution in [0.2, 0.25) is 0 Å². The Balaban J connectivity index is 1.90. The summed E-state index contributed by atoms with van der Waals surface area (Å²) in [5.41, 5.74) is 0.748. The summed E-state index contributed by atoms with van der Waals surface area (Å²) in [5.74, 6) is -1.63. The van der Waals surface area contributed by atoms with Gasteiger partial charge in [0.15, 0.2) is 0 Å². The number of carbonyl (C=O) groups excluding carboxylic acids is 2. The van der Waals surface area contributed by atoms with Gasteiger partial charge in [-0.05, 0) is 29.8 Å². The summed E-state index contributed by atoms with van der Waals surface area (Å²) in [6, 6.07) is 11.5. The lowest BCUT2D eigenvalue weighted by Crippen LogP contribution is -2.37. The molecule has 0 spiro atoms. The molecule has 0 saturated carbocycles. The molecule has 2 amide bonds. The van der Waals surface area contributed by atoms with Gasteiger partial charge in [0.05, 0.1) is 5.56 Å². The first kappa shape index (κ1) is 17.6. The molecule has 4 nitrogen and oxygen atoms in total. The number of carbonyl (C=O) groups is 2. The maximum atomic E-state index is 13.5. The van der Waals surface area contributed by atoms with Crippen molar-refractivity contribution >= 4 is 11.8 Å². The van der Waals surface area contributed by atoms with Crippen LogP contribution in [0.3, 0.4) is 0 Å². The van der Waals surface area contributed by atoms with E-state index in [4.69, 9.17) is 0 Å².